The highest BCUT2D eigenvalue weighted by Crippen LogP contribution is 2.50. The summed E-state index contributed by atoms with van der Waals surface area (Å²) < 4.78 is 5.76. The van der Waals surface area contributed by atoms with E-state index in [0.29, 0.717) is 5.41 Å². The quantitative estimate of drug-likeness (QED) is 0.889. The molecule has 1 aromatic carbocycles. The van der Waals surface area contributed by atoms with Gasteiger partial charge >= 0.3 is 0 Å². The zero-order chi connectivity index (χ0) is 11.9. The lowest BCUT2D eigenvalue weighted by atomic mass is 9.94. The average molecular weight is 252 g/mol. The Kier molecular flexibility index (Phi) is 2.80. The summed E-state index contributed by atoms with van der Waals surface area (Å²) in [7, 11) is 2.03. The molecule has 0 spiro atoms. The molecule has 2 aliphatic rings. The van der Waals surface area contributed by atoms with Crippen molar-refractivity contribution in [2.24, 2.45) is 5.41 Å². The predicted molar refractivity (Wildman–Crippen MR) is 69.9 cm³/mol. The highest BCUT2D eigenvalue weighted by molar-refractivity contribution is 6.30. The van der Waals surface area contributed by atoms with E-state index in [2.05, 4.69) is 11.4 Å². The zero-order valence-electron chi connectivity index (χ0n) is 10.2. The molecule has 0 atom stereocenters. The molecular weight excluding hydrogens is 234 g/mol. The van der Waals surface area contributed by atoms with Gasteiger partial charge in [0.1, 0.15) is 5.75 Å². The highest BCUT2D eigenvalue weighted by atomic mass is 35.5. The van der Waals surface area contributed by atoms with Crippen LogP contribution < -0.4 is 10.1 Å². The van der Waals surface area contributed by atoms with Crippen LogP contribution in [0.2, 0.25) is 5.02 Å². The highest BCUT2D eigenvalue weighted by Gasteiger charge is 2.42. The molecule has 1 N–H and O–H groups in total. The van der Waals surface area contributed by atoms with Crippen LogP contribution >= 0.6 is 11.6 Å². The molecule has 1 saturated carbocycles. The van der Waals surface area contributed by atoms with Crippen LogP contribution in [-0.4, -0.2) is 20.2 Å². The van der Waals surface area contributed by atoms with E-state index in [9.17, 15) is 0 Å². The smallest absolute Gasteiger partial charge is 0.125 e. The van der Waals surface area contributed by atoms with Crippen molar-refractivity contribution >= 4 is 11.6 Å². The van der Waals surface area contributed by atoms with Gasteiger partial charge in [-0.05, 0) is 55.0 Å². The Labute approximate surface area is 107 Å². The third-order valence-corrected chi connectivity index (χ3v) is 4.12. The maximum absolute atomic E-state index is 6.18. The standard InChI is InChI=1S/C14H18ClNO/c1-16-9-14(3-4-14)8-11-7-12(15)6-10-2-5-17-13(10)11/h6-7,16H,2-5,8-9H2,1H3. The minimum atomic E-state index is 0.457. The number of benzene rings is 1. The molecule has 0 aromatic heterocycles. The van der Waals surface area contributed by atoms with Gasteiger partial charge in [0, 0.05) is 18.0 Å². The fraction of sp³-hybridized carbons (Fsp3) is 0.571. The summed E-state index contributed by atoms with van der Waals surface area (Å²) in [6.45, 7) is 1.90. The number of nitrogens with one attached hydrogen (secondary N) is 1. The van der Waals surface area contributed by atoms with Crippen LogP contribution in [-0.2, 0) is 12.8 Å². The molecule has 1 heterocycles. The monoisotopic (exact) mass is 251 g/mol. The molecule has 3 heteroatoms. The van der Waals surface area contributed by atoms with Gasteiger partial charge in [-0.25, -0.2) is 0 Å². The first kappa shape index (κ1) is 11.4. The van der Waals surface area contributed by atoms with E-state index < -0.39 is 0 Å². The normalized spacial score (nSPS) is 19.9. The number of rotatable bonds is 4. The summed E-state index contributed by atoms with van der Waals surface area (Å²) in [6.07, 6.45) is 4.73. The van der Waals surface area contributed by atoms with Gasteiger partial charge in [-0.1, -0.05) is 11.6 Å². The largest absolute Gasteiger partial charge is 0.493 e. The second-order valence-electron chi connectivity index (χ2n) is 5.36. The van der Waals surface area contributed by atoms with E-state index in [1.807, 2.05) is 13.1 Å². The molecule has 17 heavy (non-hydrogen) atoms. The number of hydrogen-bond donors (Lipinski definition) is 1. The van der Waals surface area contributed by atoms with Crippen LogP contribution in [0.15, 0.2) is 12.1 Å². The Morgan fingerprint density at radius 3 is 2.94 bits per heavy atom. The fourth-order valence-electron chi connectivity index (χ4n) is 2.85. The fourth-order valence-corrected chi connectivity index (χ4v) is 3.11. The van der Waals surface area contributed by atoms with Crippen molar-refractivity contribution < 1.29 is 4.74 Å². The first-order chi connectivity index (χ1) is 8.22. The molecule has 0 bridgehead atoms. The summed E-state index contributed by atoms with van der Waals surface area (Å²) in [4.78, 5) is 0. The lowest BCUT2D eigenvalue weighted by molar-refractivity contribution is 0.349. The second-order valence-corrected chi connectivity index (χ2v) is 5.80. The number of hydrogen-bond acceptors (Lipinski definition) is 2. The van der Waals surface area contributed by atoms with Crippen molar-refractivity contribution in [2.45, 2.75) is 25.7 Å². The van der Waals surface area contributed by atoms with Crippen LogP contribution in [0.4, 0.5) is 0 Å². The van der Waals surface area contributed by atoms with Crippen LogP contribution in [0.5, 0.6) is 5.75 Å². The predicted octanol–water partition coefficient (Wildman–Crippen LogP) is 2.82. The van der Waals surface area contributed by atoms with Crippen molar-refractivity contribution in [2.75, 3.05) is 20.2 Å². The topological polar surface area (TPSA) is 21.3 Å². The van der Waals surface area contributed by atoms with Crippen LogP contribution in [0, 0.1) is 5.41 Å². The molecule has 0 unspecified atom stereocenters. The molecule has 3 rings (SSSR count). The summed E-state index contributed by atoms with van der Waals surface area (Å²) >= 11 is 6.18. The molecule has 1 aliphatic heterocycles. The van der Waals surface area contributed by atoms with Gasteiger partial charge in [-0.3, -0.25) is 0 Å². The van der Waals surface area contributed by atoms with E-state index in [4.69, 9.17) is 16.3 Å². The Balaban J connectivity index is 1.88. The molecule has 0 amide bonds. The van der Waals surface area contributed by atoms with E-state index >= 15 is 0 Å². The van der Waals surface area contributed by atoms with Crippen molar-refractivity contribution in [3.05, 3.63) is 28.3 Å². The lowest BCUT2D eigenvalue weighted by Crippen LogP contribution is -2.22. The third kappa shape index (κ3) is 2.16. The van der Waals surface area contributed by atoms with E-state index in [1.54, 1.807) is 0 Å². The van der Waals surface area contributed by atoms with E-state index in [-0.39, 0.29) is 0 Å². The Bertz CT molecular complexity index is 440. The molecule has 92 valence electrons. The van der Waals surface area contributed by atoms with Crippen molar-refractivity contribution in [1.29, 1.82) is 0 Å². The average Bonchev–Trinajstić information content (AvgIpc) is 2.87. The number of ether oxygens (including phenoxy) is 1. The Morgan fingerprint density at radius 2 is 2.24 bits per heavy atom. The maximum Gasteiger partial charge on any atom is 0.125 e. The first-order valence-electron chi connectivity index (χ1n) is 6.31. The first-order valence-corrected chi connectivity index (χ1v) is 6.69. The van der Waals surface area contributed by atoms with E-state index in [1.165, 1.54) is 24.0 Å². The van der Waals surface area contributed by atoms with Gasteiger partial charge in [0.05, 0.1) is 6.61 Å². The number of fused-ring (bicyclic) bond motifs is 1. The zero-order valence-corrected chi connectivity index (χ0v) is 10.9. The molecule has 1 aromatic rings. The molecule has 1 aliphatic carbocycles. The lowest BCUT2D eigenvalue weighted by Gasteiger charge is -2.17. The van der Waals surface area contributed by atoms with Crippen molar-refractivity contribution in [3.63, 3.8) is 0 Å². The molecule has 0 radical (unpaired) electrons. The maximum atomic E-state index is 6.18. The summed E-state index contributed by atoms with van der Waals surface area (Å²) in [5.41, 5.74) is 3.05. The summed E-state index contributed by atoms with van der Waals surface area (Å²) in [6, 6.07) is 4.13. The Morgan fingerprint density at radius 1 is 1.41 bits per heavy atom. The minimum absolute atomic E-state index is 0.457. The summed E-state index contributed by atoms with van der Waals surface area (Å²) in [5, 5.41) is 4.15. The molecule has 0 saturated heterocycles. The van der Waals surface area contributed by atoms with Crippen LogP contribution in [0.1, 0.15) is 24.0 Å². The van der Waals surface area contributed by atoms with Crippen LogP contribution in [0.3, 0.4) is 0 Å². The van der Waals surface area contributed by atoms with Crippen LogP contribution in [0.25, 0.3) is 0 Å². The number of halogens is 1. The van der Waals surface area contributed by atoms with Crippen molar-refractivity contribution in [3.8, 4) is 5.75 Å². The molecule has 2 nitrogen and oxygen atoms in total. The minimum Gasteiger partial charge on any atom is -0.493 e. The van der Waals surface area contributed by atoms with Gasteiger partial charge < -0.3 is 10.1 Å². The molecular formula is C14H18ClNO. The van der Waals surface area contributed by atoms with Gasteiger partial charge in [0.25, 0.3) is 0 Å². The van der Waals surface area contributed by atoms with Crippen molar-refractivity contribution in [1.82, 2.24) is 5.32 Å². The van der Waals surface area contributed by atoms with Gasteiger partial charge in [-0.15, -0.1) is 0 Å². The van der Waals surface area contributed by atoms with E-state index in [0.717, 1.165) is 36.8 Å². The second kappa shape index (κ2) is 4.18. The molecule has 1 fully saturated rings. The van der Waals surface area contributed by atoms with Gasteiger partial charge in [-0.2, -0.15) is 0 Å². The SMILES string of the molecule is CNCC1(Cc2cc(Cl)cc3c2OCC3)CC1. The van der Waals surface area contributed by atoms with Gasteiger partial charge in [0.15, 0.2) is 0 Å². The Hall–Kier alpha value is -0.730. The third-order valence-electron chi connectivity index (χ3n) is 3.90. The van der Waals surface area contributed by atoms with Gasteiger partial charge in [0.2, 0.25) is 0 Å². The summed E-state index contributed by atoms with van der Waals surface area (Å²) in [5.74, 6) is 1.11.